The number of methoxy groups -OCH3 is 1. The molecular weight excluding hydrogens is 285 g/mol. The second kappa shape index (κ2) is 6.30. The molecule has 0 heterocycles. The predicted molar refractivity (Wildman–Crippen MR) is 69.1 cm³/mol. The standard InChI is InChI=1S/C15H11F3O3/c1-20-14-6-5-9(16)7-10(14)13(19)8-21-15-11(17)3-2-4-12(15)18/h2-7H,8H2,1H3. The van der Waals surface area contributed by atoms with Crippen LogP contribution in [0.1, 0.15) is 10.4 Å². The normalized spacial score (nSPS) is 10.3. The van der Waals surface area contributed by atoms with Crippen molar-refractivity contribution >= 4 is 5.78 Å². The van der Waals surface area contributed by atoms with E-state index in [1.807, 2.05) is 0 Å². The molecule has 21 heavy (non-hydrogen) atoms. The molecule has 2 aromatic rings. The van der Waals surface area contributed by atoms with E-state index in [2.05, 4.69) is 0 Å². The predicted octanol–water partition coefficient (Wildman–Crippen LogP) is 3.37. The molecule has 2 rings (SSSR count). The lowest BCUT2D eigenvalue weighted by Gasteiger charge is -2.10. The van der Waals surface area contributed by atoms with Crippen molar-refractivity contribution in [3.05, 3.63) is 59.4 Å². The molecule has 0 aliphatic rings. The van der Waals surface area contributed by atoms with Gasteiger partial charge in [-0.05, 0) is 30.3 Å². The Morgan fingerprint density at radius 2 is 1.76 bits per heavy atom. The van der Waals surface area contributed by atoms with Gasteiger partial charge < -0.3 is 9.47 Å². The van der Waals surface area contributed by atoms with Gasteiger partial charge in [0.2, 0.25) is 5.78 Å². The molecule has 0 radical (unpaired) electrons. The Hall–Kier alpha value is -2.50. The average Bonchev–Trinajstić information content (AvgIpc) is 2.46. The summed E-state index contributed by atoms with van der Waals surface area (Å²) < 4.78 is 49.6. The maximum absolute atomic E-state index is 13.4. The zero-order chi connectivity index (χ0) is 15.4. The molecule has 3 nitrogen and oxygen atoms in total. The first kappa shape index (κ1) is 14.9. The van der Waals surface area contributed by atoms with Gasteiger partial charge in [-0.1, -0.05) is 6.07 Å². The smallest absolute Gasteiger partial charge is 0.204 e. The molecule has 0 unspecified atom stereocenters. The van der Waals surface area contributed by atoms with Crippen molar-refractivity contribution in [1.82, 2.24) is 0 Å². The van der Waals surface area contributed by atoms with Gasteiger partial charge in [-0.2, -0.15) is 0 Å². The highest BCUT2D eigenvalue weighted by atomic mass is 19.1. The first-order chi connectivity index (χ1) is 10.0. The molecule has 0 aliphatic carbocycles. The van der Waals surface area contributed by atoms with E-state index in [0.29, 0.717) is 0 Å². The van der Waals surface area contributed by atoms with Crippen LogP contribution in [-0.4, -0.2) is 19.5 Å². The summed E-state index contributed by atoms with van der Waals surface area (Å²) in [7, 11) is 1.32. The summed E-state index contributed by atoms with van der Waals surface area (Å²) in [6, 6.07) is 6.58. The number of carbonyl (C=O) groups excluding carboxylic acids is 1. The van der Waals surface area contributed by atoms with Gasteiger partial charge in [-0.15, -0.1) is 0 Å². The highest BCUT2D eigenvalue weighted by molar-refractivity contribution is 5.99. The van der Waals surface area contributed by atoms with Crippen molar-refractivity contribution in [2.75, 3.05) is 13.7 Å². The third kappa shape index (κ3) is 3.34. The monoisotopic (exact) mass is 296 g/mol. The molecule has 0 aliphatic heterocycles. The Kier molecular flexibility index (Phi) is 4.47. The number of Topliss-reactive ketones (excluding diaryl/α,β-unsaturated/α-hetero) is 1. The molecule has 0 N–H and O–H groups in total. The van der Waals surface area contributed by atoms with Crippen molar-refractivity contribution in [3.63, 3.8) is 0 Å². The molecular formula is C15H11F3O3. The summed E-state index contributed by atoms with van der Waals surface area (Å²) in [6.07, 6.45) is 0. The van der Waals surface area contributed by atoms with E-state index >= 15 is 0 Å². The maximum Gasteiger partial charge on any atom is 0.204 e. The minimum atomic E-state index is -0.922. The molecule has 2 aromatic carbocycles. The lowest BCUT2D eigenvalue weighted by molar-refractivity contribution is 0.0912. The number of ether oxygens (including phenoxy) is 2. The van der Waals surface area contributed by atoms with Crippen molar-refractivity contribution in [2.45, 2.75) is 0 Å². The molecule has 0 aromatic heterocycles. The fourth-order valence-electron chi connectivity index (χ4n) is 1.73. The van der Waals surface area contributed by atoms with Crippen molar-refractivity contribution in [3.8, 4) is 11.5 Å². The number of hydrogen-bond acceptors (Lipinski definition) is 3. The second-order valence-electron chi connectivity index (χ2n) is 4.11. The lowest BCUT2D eigenvalue weighted by Crippen LogP contribution is -2.14. The average molecular weight is 296 g/mol. The Bertz CT molecular complexity index is 651. The molecule has 0 spiro atoms. The van der Waals surface area contributed by atoms with Gasteiger partial charge >= 0.3 is 0 Å². The first-order valence-electron chi connectivity index (χ1n) is 5.96. The maximum atomic E-state index is 13.4. The number of rotatable bonds is 5. The first-order valence-corrected chi connectivity index (χ1v) is 5.96. The van der Waals surface area contributed by atoms with Gasteiger partial charge in [0.05, 0.1) is 12.7 Å². The van der Waals surface area contributed by atoms with E-state index < -0.39 is 35.6 Å². The van der Waals surface area contributed by atoms with Crippen LogP contribution in [0.3, 0.4) is 0 Å². The Morgan fingerprint density at radius 3 is 2.38 bits per heavy atom. The van der Waals surface area contributed by atoms with Gasteiger partial charge in [0.15, 0.2) is 24.0 Å². The van der Waals surface area contributed by atoms with Crippen molar-refractivity contribution in [2.24, 2.45) is 0 Å². The number of halogens is 3. The fraction of sp³-hybridized carbons (Fsp3) is 0.133. The van der Waals surface area contributed by atoms with Crippen LogP contribution in [0.4, 0.5) is 13.2 Å². The van der Waals surface area contributed by atoms with Gasteiger partial charge in [-0.25, -0.2) is 13.2 Å². The van der Waals surface area contributed by atoms with E-state index in [4.69, 9.17) is 9.47 Å². The summed E-state index contributed by atoms with van der Waals surface area (Å²) in [4.78, 5) is 12.0. The molecule has 0 bridgehead atoms. The van der Waals surface area contributed by atoms with Crippen LogP contribution in [0, 0.1) is 17.5 Å². The lowest BCUT2D eigenvalue weighted by atomic mass is 10.1. The molecule has 6 heteroatoms. The second-order valence-corrected chi connectivity index (χ2v) is 4.11. The number of benzene rings is 2. The SMILES string of the molecule is COc1ccc(F)cc1C(=O)COc1c(F)cccc1F. The molecule has 0 saturated carbocycles. The topological polar surface area (TPSA) is 35.5 Å². The third-order valence-corrected chi connectivity index (χ3v) is 2.73. The number of para-hydroxylation sites is 1. The fourth-order valence-corrected chi connectivity index (χ4v) is 1.73. The highest BCUT2D eigenvalue weighted by Gasteiger charge is 2.16. The van der Waals surface area contributed by atoms with Crippen LogP contribution in [-0.2, 0) is 0 Å². The number of ketones is 1. The van der Waals surface area contributed by atoms with Crippen molar-refractivity contribution < 1.29 is 27.4 Å². The van der Waals surface area contributed by atoms with E-state index in [1.165, 1.54) is 19.2 Å². The van der Waals surface area contributed by atoms with Gasteiger partial charge in [0.25, 0.3) is 0 Å². The minimum Gasteiger partial charge on any atom is -0.496 e. The van der Waals surface area contributed by atoms with Gasteiger partial charge in [0, 0.05) is 0 Å². The quantitative estimate of drug-likeness (QED) is 0.794. The number of carbonyl (C=O) groups is 1. The van der Waals surface area contributed by atoms with Crippen LogP contribution in [0.5, 0.6) is 11.5 Å². The molecule has 110 valence electrons. The van der Waals surface area contributed by atoms with Crippen LogP contribution in [0.2, 0.25) is 0 Å². The third-order valence-electron chi connectivity index (χ3n) is 2.73. The summed E-state index contributed by atoms with van der Waals surface area (Å²) in [6.45, 7) is -0.641. The van der Waals surface area contributed by atoms with Crippen LogP contribution in [0.25, 0.3) is 0 Å². The summed E-state index contributed by atoms with van der Waals surface area (Å²) in [5.74, 6) is -3.63. The van der Waals surface area contributed by atoms with Crippen LogP contribution < -0.4 is 9.47 Å². The van der Waals surface area contributed by atoms with E-state index in [1.54, 1.807) is 0 Å². The van der Waals surface area contributed by atoms with Gasteiger partial charge in [0.1, 0.15) is 11.6 Å². The number of hydrogen-bond donors (Lipinski definition) is 0. The highest BCUT2D eigenvalue weighted by Crippen LogP contribution is 2.23. The summed E-state index contributed by atoms with van der Waals surface area (Å²) in [5, 5.41) is 0. The molecule has 0 saturated heterocycles. The van der Waals surface area contributed by atoms with Gasteiger partial charge in [-0.3, -0.25) is 4.79 Å². The molecule has 0 amide bonds. The van der Waals surface area contributed by atoms with Crippen molar-refractivity contribution in [1.29, 1.82) is 0 Å². The van der Waals surface area contributed by atoms with E-state index in [0.717, 1.165) is 24.3 Å². The molecule has 0 atom stereocenters. The van der Waals surface area contributed by atoms with E-state index in [9.17, 15) is 18.0 Å². The van der Waals surface area contributed by atoms with Crippen LogP contribution in [0.15, 0.2) is 36.4 Å². The summed E-state index contributed by atoms with van der Waals surface area (Å²) >= 11 is 0. The zero-order valence-corrected chi connectivity index (χ0v) is 11.0. The van der Waals surface area contributed by atoms with E-state index in [-0.39, 0.29) is 11.3 Å². The molecule has 0 fully saturated rings. The Balaban J connectivity index is 2.17. The Labute approximate surface area is 118 Å². The van der Waals surface area contributed by atoms with Crippen LogP contribution >= 0.6 is 0 Å². The largest absolute Gasteiger partial charge is 0.496 e. The summed E-state index contributed by atoms with van der Waals surface area (Å²) in [5.41, 5.74) is -0.0609. The zero-order valence-electron chi connectivity index (χ0n) is 11.0. The Morgan fingerprint density at radius 1 is 1.10 bits per heavy atom. The minimum absolute atomic E-state index is 0.0609.